The Hall–Kier alpha value is -2.89. The summed E-state index contributed by atoms with van der Waals surface area (Å²) in [5.41, 5.74) is 3.19. The highest BCUT2D eigenvalue weighted by Crippen LogP contribution is 2.17. The molecule has 3 rings (SSSR count). The fourth-order valence-electron chi connectivity index (χ4n) is 2.46. The first-order valence-corrected chi connectivity index (χ1v) is 8.07. The normalized spacial score (nSPS) is 11.0. The molecule has 0 saturated carbocycles. The summed E-state index contributed by atoms with van der Waals surface area (Å²) in [6.45, 7) is 6.77. The van der Waals surface area contributed by atoms with Crippen LogP contribution in [0, 0.1) is 0 Å². The Bertz CT molecular complexity index is 816. The molecule has 2 heterocycles. The summed E-state index contributed by atoms with van der Waals surface area (Å²) < 4.78 is 3.51. The minimum absolute atomic E-state index is 0.150. The van der Waals surface area contributed by atoms with Gasteiger partial charge in [-0.15, -0.1) is 0 Å². The zero-order chi connectivity index (χ0) is 17.1. The molecule has 124 valence electrons. The first-order chi connectivity index (χ1) is 11.6. The number of aromatic nitrogens is 4. The first kappa shape index (κ1) is 16.0. The minimum Gasteiger partial charge on any atom is -0.321 e. The van der Waals surface area contributed by atoms with Gasteiger partial charge in [-0.3, -0.25) is 9.48 Å². The van der Waals surface area contributed by atoms with Gasteiger partial charge in [0.1, 0.15) is 5.69 Å². The van der Waals surface area contributed by atoms with E-state index in [0.29, 0.717) is 12.2 Å². The lowest BCUT2D eigenvalue weighted by molar-refractivity contribution is 0.101. The van der Waals surface area contributed by atoms with Gasteiger partial charge in [-0.25, -0.2) is 4.68 Å². The Morgan fingerprint density at radius 3 is 2.58 bits per heavy atom. The number of nitrogens with zero attached hydrogens (tertiary/aromatic N) is 4. The van der Waals surface area contributed by atoms with Crippen LogP contribution >= 0.6 is 0 Å². The molecular formula is C18H21N5O. The van der Waals surface area contributed by atoms with Crippen molar-refractivity contribution in [1.82, 2.24) is 19.6 Å². The molecule has 0 saturated heterocycles. The standard InChI is InChI=1S/C18H21N5O/c1-4-22-17(12-16(21-22)13(2)3)18(24)20-14-6-8-15(9-7-14)23-11-5-10-19-23/h5-13H,4H2,1-3H3,(H,20,24). The van der Waals surface area contributed by atoms with Crippen LogP contribution in [0.5, 0.6) is 0 Å². The average molecular weight is 323 g/mol. The maximum absolute atomic E-state index is 12.6. The molecule has 0 bridgehead atoms. The molecule has 0 aliphatic carbocycles. The third-order valence-electron chi connectivity index (χ3n) is 3.82. The summed E-state index contributed by atoms with van der Waals surface area (Å²) in [6, 6.07) is 11.3. The monoisotopic (exact) mass is 323 g/mol. The molecule has 1 aromatic carbocycles. The van der Waals surface area contributed by atoms with Crippen molar-refractivity contribution in [2.45, 2.75) is 33.2 Å². The molecule has 2 aromatic heterocycles. The van der Waals surface area contributed by atoms with Crippen molar-refractivity contribution in [2.24, 2.45) is 0 Å². The molecular weight excluding hydrogens is 302 g/mol. The van der Waals surface area contributed by atoms with E-state index in [1.54, 1.807) is 15.6 Å². The lowest BCUT2D eigenvalue weighted by atomic mass is 10.1. The number of nitrogens with one attached hydrogen (secondary N) is 1. The second-order valence-corrected chi connectivity index (χ2v) is 5.88. The van der Waals surface area contributed by atoms with E-state index in [0.717, 1.165) is 17.1 Å². The zero-order valence-corrected chi connectivity index (χ0v) is 14.1. The van der Waals surface area contributed by atoms with E-state index in [-0.39, 0.29) is 11.8 Å². The van der Waals surface area contributed by atoms with Gasteiger partial charge < -0.3 is 5.32 Å². The van der Waals surface area contributed by atoms with Crippen molar-refractivity contribution in [3.8, 4) is 5.69 Å². The van der Waals surface area contributed by atoms with Crippen LogP contribution in [0.25, 0.3) is 5.69 Å². The van der Waals surface area contributed by atoms with Gasteiger partial charge in [0, 0.05) is 24.6 Å². The van der Waals surface area contributed by atoms with Crippen molar-refractivity contribution < 1.29 is 4.79 Å². The predicted molar refractivity (Wildman–Crippen MR) is 93.5 cm³/mol. The summed E-state index contributed by atoms with van der Waals surface area (Å²) in [5, 5.41) is 11.6. The molecule has 6 heteroatoms. The molecule has 3 aromatic rings. The van der Waals surface area contributed by atoms with E-state index in [1.165, 1.54) is 0 Å². The van der Waals surface area contributed by atoms with Gasteiger partial charge in [0.25, 0.3) is 5.91 Å². The van der Waals surface area contributed by atoms with Gasteiger partial charge in [-0.1, -0.05) is 13.8 Å². The Kier molecular flexibility index (Phi) is 4.46. The molecule has 0 atom stereocenters. The predicted octanol–water partition coefficient (Wildman–Crippen LogP) is 3.46. The quantitative estimate of drug-likeness (QED) is 0.782. The number of carbonyl (C=O) groups is 1. The molecule has 0 radical (unpaired) electrons. The molecule has 0 fully saturated rings. The molecule has 1 amide bonds. The number of benzene rings is 1. The summed E-state index contributed by atoms with van der Waals surface area (Å²) in [5.74, 6) is 0.140. The zero-order valence-electron chi connectivity index (χ0n) is 14.1. The van der Waals surface area contributed by atoms with Gasteiger partial charge in [-0.05, 0) is 49.2 Å². The fourth-order valence-corrected chi connectivity index (χ4v) is 2.46. The van der Waals surface area contributed by atoms with Crippen LogP contribution in [0.15, 0.2) is 48.8 Å². The number of rotatable bonds is 5. The van der Waals surface area contributed by atoms with Crippen molar-refractivity contribution in [3.05, 3.63) is 60.2 Å². The van der Waals surface area contributed by atoms with Gasteiger partial charge in [-0.2, -0.15) is 10.2 Å². The van der Waals surface area contributed by atoms with Crippen molar-refractivity contribution in [1.29, 1.82) is 0 Å². The largest absolute Gasteiger partial charge is 0.321 e. The summed E-state index contributed by atoms with van der Waals surface area (Å²) in [4.78, 5) is 12.6. The lowest BCUT2D eigenvalue weighted by Gasteiger charge is -2.08. The van der Waals surface area contributed by atoms with E-state index in [2.05, 4.69) is 29.4 Å². The van der Waals surface area contributed by atoms with Gasteiger partial charge in [0.2, 0.25) is 0 Å². The molecule has 0 unspecified atom stereocenters. The smallest absolute Gasteiger partial charge is 0.273 e. The highest BCUT2D eigenvalue weighted by Gasteiger charge is 2.16. The van der Waals surface area contributed by atoms with E-state index < -0.39 is 0 Å². The summed E-state index contributed by atoms with van der Waals surface area (Å²) in [6.07, 6.45) is 3.61. The van der Waals surface area contributed by atoms with Gasteiger partial charge in [0.15, 0.2) is 0 Å². The molecule has 0 aliphatic rings. The summed E-state index contributed by atoms with van der Waals surface area (Å²) in [7, 11) is 0. The van der Waals surface area contributed by atoms with Crippen LogP contribution in [-0.2, 0) is 6.54 Å². The van der Waals surface area contributed by atoms with E-state index in [9.17, 15) is 4.79 Å². The van der Waals surface area contributed by atoms with Crippen LogP contribution in [0.4, 0.5) is 5.69 Å². The Labute approximate surface area is 141 Å². The van der Waals surface area contributed by atoms with Crippen LogP contribution < -0.4 is 5.32 Å². The van der Waals surface area contributed by atoms with Crippen LogP contribution in [0.3, 0.4) is 0 Å². The first-order valence-electron chi connectivity index (χ1n) is 8.07. The number of carbonyl (C=O) groups excluding carboxylic acids is 1. The van der Waals surface area contributed by atoms with Crippen LogP contribution in [0.2, 0.25) is 0 Å². The van der Waals surface area contributed by atoms with E-state index in [4.69, 9.17) is 0 Å². The van der Waals surface area contributed by atoms with Crippen molar-refractivity contribution in [2.75, 3.05) is 5.32 Å². The fraction of sp³-hybridized carbons (Fsp3) is 0.278. The third-order valence-corrected chi connectivity index (χ3v) is 3.82. The number of aryl methyl sites for hydroxylation is 1. The number of anilines is 1. The molecule has 0 spiro atoms. The lowest BCUT2D eigenvalue weighted by Crippen LogP contribution is -2.17. The molecule has 6 nitrogen and oxygen atoms in total. The third kappa shape index (κ3) is 3.22. The maximum Gasteiger partial charge on any atom is 0.273 e. The van der Waals surface area contributed by atoms with Crippen molar-refractivity contribution >= 4 is 11.6 Å². The van der Waals surface area contributed by atoms with Gasteiger partial charge >= 0.3 is 0 Å². The Morgan fingerprint density at radius 2 is 2.00 bits per heavy atom. The summed E-state index contributed by atoms with van der Waals surface area (Å²) >= 11 is 0. The van der Waals surface area contributed by atoms with Crippen molar-refractivity contribution in [3.63, 3.8) is 0 Å². The van der Waals surface area contributed by atoms with Crippen LogP contribution in [-0.4, -0.2) is 25.5 Å². The van der Waals surface area contributed by atoms with E-state index in [1.807, 2.05) is 49.5 Å². The van der Waals surface area contributed by atoms with E-state index >= 15 is 0 Å². The van der Waals surface area contributed by atoms with Gasteiger partial charge in [0.05, 0.1) is 11.4 Å². The average Bonchev–Trinajstić information content (AvgIpc) is 3.25. The SMILES string of the molecule is CCn1nc(C(C)C)cc1C(=O)Nc1ccc(-n2cccn2)cc1. The topological polar surface area (TPSA) is 64.7 Å². The minimum atomic E-state index is -0.150. The molecule has 0 aliphatic heterocycles. The number of hydrogen-bond acceptors (Lipinski definition) is 3. The maximum atomic E-state index is 12.6. The number of hydrogen-bond donors (Lipinski definition) is 1. The second kappa shape index (κ2) is 6.70. The second-order valence-electron chi connectivity index (χ2n) is 5.88. The van der Waals surface area contributed by atoms with Crippen LogP contribution in [0.1, 0.15) is 42.9 Å². The Morgan fingerprint density at radius 1 is 1.25 bits per heavy atom. The molecule has 24 heavy (non-hydrogen) atoms. The molecule has 1 N–H and O–H groups in total. The Balaban J connectivity index is 1.77. The highest BCUT2D eigenvalue weighted by atomic mass is 16.2. The number of amides is 1. The highest BCUT2D eigenvalue weighted by molar-refractivity contribution is 6.03.